The first-order valence-electron chi connectivity index (χ1n) is 0.783. The van der Waals surface area contributed by atoms with E-state index in [0.717, 1.165) is 0 Å². The first-order chi connectivity index (χ1) is 2.00. The van der Waals surface area contributed by atoms with Gasteiger partial charge >= 0.3 is 82.3 Å². The minimum absolute atomic E-state index is 0. The van der Waals surface area contributed by atoms with Gasteiger partial charge in [0.1, 0.15) is 0 Å². The van der Waals surface area contributed by atoms with Gasteiger partial charge in [-0.25, -0.2) is 4.57 Å². The Bertz CT molecular complexity index is 67.9. The summed E-state index contributed by atoms with van der Waals surface area (Å²) in [6.45, 7) is 0. The summed E-state index contributed by atoms with van der Waals surface area (Å²) >= 11 is 0. The van der Waals surface area contributed by atoms with E-state index in [1.165, 1.54) is 0 Å². The second-order valence-electron chi connectivity index (χ2n) is 0.513. The Hall–Kier alpha value is 2.47. The van der Waals surface area contributed by atoms with E-state index >= 15 is 0 Å². The van der Waals surface area contributed by atoms with E-state index < -0.39 is 7.82 Å². The smallest absolute Gasteiger partial charge is 1.00 e. The summed E-state index contributed by atoms with van der Waals surface area (Å²) in [6.07, 6.45) is 0. The Labute approximate surface area is 109 Å². The van der Waals surface area contributed by atoms with Crippen molar-refractivity contribution in [2.45, 2.75) is 0 Å². The van der Waals surface area contributed by atoms with Gasteiger partial charge in [0, 0.05) is 0 Å². The van der Waals surface area contributed by atoms with E-state index in [-0.39, 0.29) is 84.2 Å². The van der Waals surface area contributed by atoms with E-state index in [9.17, 15) is 0 Å². The van der Waals surface area contributed by atoms with Gasteiger partial charge in [0.05, 0.1) is 0 Å². The third kappa shape index (κ3) is 77.4. The number of rotatable bonds is 0. The van der Waals surface area contributed by atoms with E-state index in [4.69, 9.17) is 19.2 Å². The molecule has 8 heavy (non-hydrogen) atoms. The molecule has 8 heteroatoms. The Kier molecular flexibility index (Phi) is 26.6. The van der Waals surface area contributed by atoms with Crippen molar-refractivity contribution in [2.75, 3.05) is 0 Å². The molecule has 0 aromatic rings. The van der Waals surface area contributed by atoms with Gasteiger partial charge in [0.2, 0.25) is 0 Å². The van der Waals surface area contributed by atoms with Crippen LogP contribution in [0.5, 0.6) is 0 Å². The van der Waals surface area contributed by atoms with E-state index in [0.29, 0.717) is 0 Å². The fraction of sp³-hybridized carbons (Fsp3) is 0. The molecule has 0 aliphatic carbocycles. The molecular formula is H8KMgO5P. The van der Waals surface area contributed by atoms with Crippen LogP contribution in [-0.2, 0) is 4.57 Å². The van der Waals surface area contributed by atoms with Gasteiger partial charge in [-0.2, -0.15) is 0 Å². The van der Waals surface area contributed by atoms with Crippen molar-refractivity contribution < 1.29 is 80.4 Å². The van der Waals surface area contributed by atoms with Gasteiger partial charge in [-0.3, -0.25) is 0 Å². The minimum atomic E-state index is -4.64. The largest absolute Gasteiger partial charge is 2.00 e. The molecule has 5 nitrogen and oxygen atoms in total. The third-order valence-corrected chi connectivity index (χ3v) is 0. The predicted octanol–water partition coefficient (Wildman–Crippen LogP) is -4.79. The van der Waals surface area contributed by atoms with Gasteiger partial charge in [-0.15, -0.1) is 0 Å². The van der Waals surface area contributed by atoms with Crippen molar-refractivity contribution in [3.8, 4) is 0 Å². The molecule has 0 bridgehead atoms. The van der Waals surface area contributed by atoms with Crippen molar-refractivity contribution in [2.24, 2.45) is 0 Å². The maximum atomic E-state index is 8.88. The first kappa shape index (κ1) is 22.4. The average molecular weight is 182 g/mol. The summed E-state index contributed by atoms with van der Waals surface area (Å²) in [5.41, 5.74) is 0. The summed E-state index contributed by atoms with van der Waals surface area (Å²) in [5.74, 6) is 0. The Morgan fingerprint density at radius 1 is 1.25 bits per heavy atom. The topological polar surface area (TPSA) is 109 Å². The van der Waals surface area contributed by atoms with Crippen LogP contribution in [0.2, 0.25) is 0 Å². The summed E-state index contributed by atoms with van der Waals surface area (Å²) in [5, 5.41) is 0. The molecule has 0 spiro atoms. The number of hydrogen-bond acceptors (Lipinski definition) is 1. The Morgan fingerprint density at radius 2 is 1.25 bits per heavy atom. The second-order valence-corrected chi connectivity index (χ2v) is 1.54. The van der Waals surface area contributed by atoms with Crippen LogP contribution in [0.25, 0.3) is 0 Å². The van der Waals surface area contributed by atoms with Gasteiger partial charge in [-0.05, 0) is 0 Å². The summed E-state index contributed by atoms with van der Waals surface area (Å²) in [7, 11) is -4.64. The Morgan fingerprint density at radius 3 is 1.25 bits per heavy atom. The molecule has 0 rings (SSSR count). The fourth-order valence-corrected chi connectivity index (χ4v) is 0. The standard InChI is InChI=1S/K.Mg.H3O4P.H2O.3H/c;;1-5(2,3)4;;;;/h;;(H3,1,2,3,4);1H2;;;/q+1;+2;;;3*-1. The molecule has 0 aliphatic heterocycles. The fourth-order valence-electron chi connectivity index (χ4n) is 0. The van der Waals surface area contributed by atoms with Gasteiger partial charge in [-0.1, -0.05) is 0 Å². The van der Waals surface area contributed by atoms with E-state index in [1.807, 2.05) is 0 Å². The SMILES string of the molecule is O.O=P(O)(O)O.[H-].[H-].[H-].[K+].[Mg+2]. The van der Waals surface area contributed by atoms with Crippen molar-refractivity contribution in [1.29, 1.82) is 0 Å². The van der Waals surface area contributed by atoms with Gasteiger partial charge in [0.25, 0.3) is 0 Å². The van der Waals surface area contributed by atoms with Crippen molar-refractivity contribution in [3.05, 3.63) is 0 Å². The van der Waals surface area contributed by atoms with Gasteiger partial charge < -0.3 is 24.4 Å². The molecule has 0 fully saturated rings. The number of phosphoric acid groups is 1. The molecule has 5 N–H and O–H groups in total. The zero-order chi connectivity index (χ0) is 4.50. The van der Waals surface area contributed by atoms with Crippen LogP contribution in [0.1, 0.15) is 4.28 Å². The molecule has 0 amide bonds. The summed E-state index contributed by atoms with van der Waals surface area (Å²) in [4.78, 5) is 21.6. The summed E-state index contributed by atoms with van der Waals surface area (Å²) in [6, 6.07) is 0. The predicted molar refractivity (Wildman–Crippen MR) is 27.0 cm³/mol. The number of hydrogen-bond donors (Lipinski definition) is 3. The first-order valence-corrected chi connectivity index (χ1v) is 2.35. The van der Waals surface area contributed by atoms with Crippen molar-refractivity contribution in [1.82, 2.24) is 0 Å². The molecule has 0 saturated heterocycles. The molecular weight excluding hydrogens is 174 g/mol. The maximum Gasteiger partial charge on any atom is 2.00 e. The van der Waals surface area contributed by atoms with E-state index in [2.05, 4.69) is 0 Å². The molecule has 0 radical (unpaired) electrons. The monoisotopic (exact) mass is 182 g/mol. The van der Waals surface area contributed by atoms with Crippen LogP contribution < -0.4 is 51.4 Å². The zero-order valence-electron chi connectivity index (χ0n) is 7.40. The quantitative estimate of drug-likeness (QED) is 0.258. The third-order valence-electron chi connectivity index (χ3n) is 0. The Balaban J connectivity index is -0.00000000533. The van der Waals surface area contributed by atoms with Crippen LogP contribution in [0, 0.1) is 0 Å². The average Bonchev–Trinajstić information content (AvgIpc) is 0.722. The zero-order valence-corrected chi connectivity index (χ0v) is 9.84. The molecule has 0 aromatic heterocycles. The van der Waals surface area contributed by atoms with Crippen molar-refractivity contribution >= 4 is 30.9 Å². The molecule has 46 valence electrons. The van der Waals surface area contributed by atoms with Crippen LogP contribution in [0.3, 0.4) is 0 Å². The molecule has 0 unspecified atom stereocenters. The van der Waals surface area contributed by atoms with Crippen LogP contribution in [-0.4, -0.2) is 43.2 Å². The van der Waals surface area contributed by atoms with Crippen LogP contribution in [0.15, 0.2) is 0 Å². The normalized spacial score (nSPS) is 7.38. The molecule has 0 aromatic carbocycles. The molecule has 0 atom stereocenters. The molecule has 0 aliphatic rings. The maximum absolute atomic E-state index is 8.88. The van der Waals surface area contributed by atoms with E-state index in [1.54, 1.807) is 0 Å². The van der Waals surface area contributed by atoms with Crippen molar-refractivity contribution in [3.63, 3.8) is 0 Å². The molecule has 0 heterocycles. The summed E-state index contributed by atoms with van der Waals surface area (Å²) < 4.78 is 8.88. The molecule has 0 saturated carbocycles. The minimum Gasteiger partial charge on any atom is -1.00 e. The second kappa shape index (κ2) is 9.47. The van der Waals surface area contributed by atoms with Crippen LogP contribution >= 0.6 is 7.82 Å². The van der Waals surface area contributed by atoms with Gasteiger partial charge in [0.15, 0.2) is 0 Å². The van der Waals surface area contributed by atoms with Crippen LogP contribution in [0.4, 0.5) is 0 Å².